The number of nitrogens with zero attached hydrogens (tertiary/aromatic N) is 2. The second-order valence-corrected chi connectivity index (χ2v) is 9.87. The highest BCUT2D eigenvalue weighted by Crippen LogP contribution is 2.20. The third-order valence-electron chi connectivity index (χ3n) is 6.31. The minimum Gasteiger partial charge on any atom is -0.487 e. The lowest BCUT2D eigenvalue weighted by Crippen LogP contribution is -2.39. The van der Waals surface area contributed by atoms with Gasteiger partial charge in [0.25, 0.3) is 5.91 Å². The number of thiophene rings is 1. The largest absolute Gasteiger partial charge is 0.487 e. The van der Waals surface area contributed by atoms with E-state index in [2.05, 4.69) is 14.8 Å². The molecule has 1 aliphatic rings. The van der Waals surface area contributed by atoms with E-state index in [1.807, 2.05) is 62.5 Å². The van der Waals surface area contributed by atoms with Crippen molar-refractivity contribution in [3.05, 3.63) is 85.5 Å². The van der Waals surface area contributed by atoms with Gasteiger partial charge in [-0.2, -0.15) is 0 Å². The third kappa shape index (κ3) is 6.39. The van der Waals surface area contributed by atoms with Crippen molar-refractivity contribution >= 4 is 17.2 Å². The van der Waals surface area contributed by atoms with Crippen LogP contribution >= 0.6 is 11.3 Å². The van der Waals surface area contributed by atoms with E-state index in [0.717, 1.165) is 49.0 Å². The number of hydrogen-bond donors (Lipinski definition) is 1. The Hall–Kier alpha value is -2.94. The first-order chi connectivity index (χ1) is 16.9. The van der Waals surface area contributed by atoms with Crippen LogP contribution < -0.4 is 15.5 Å². The monoisotopic (exact) mass is 495 g/mol. The van der Waals surface area contributed by atoms with Gasteiger partial charge in [-0.05, 0) is 44.4 Å². The van der Waals surface area contributed by atoms with Crippen LogP contribution in [0.4, 0.5) is 0 Å². The molecule has 0 radical (unpaired) electrons. The van der Waals surface area contributed by atoms with E-state index in [0.29, 0.717) is 18.0 Å². The zero-order valence-corrected chi connectivity index (χ0v) is 21.4. The minimum absolute atomic E-state index is 0.124. The number of hydrogen-bond acceptors (Lipinski definition) is 6. The molecule has 1 aliphatic heterocycles. The molecule has 35 heavy (non-hydrogen) atoms. The molecule has 0 aliphatic carbocycles. The maximum Gasteiger partial charge on any atom is 0.257 e. The molecular formula is C27H33N3O4S. The summed E-state index contributed by atoms with van der Waals surface area (Å²) in [5, 5.41) is 4.99. The van der Waals surface area contributed by atoms with Crippen molar-refractivity contribution in [3.8, 4) is 5.75 Å². The molecule has 3 aromatic rings. The summed E-state index contributed by atoms with van der Waals surface area (Å²) < 4.78 is 13.6. The van der Waals surface area contributed by atoms with Crippen LogP contribution in [0.15, 0.2) is 52.6 Å². The lowest BCUT2D eigenvalue weighted by Gasteiger charge is -2.28. The smallest absolute Gasteiger partial charge is 0.257 e. The quantitative estimate of drug-likeness (QED) is 0.487. The average Bonchev–Trinajstić information content (AvgIpc) is 3.39. The van der Waals surface area contributed by atoms with Gasteiger partial charge in [-0.3, -0.25) is 14.5 Å². The number of morpholine rings is 1. The summed E-state index contributed by atoms with van der Waals surface area (Å²) >= 11 is 1.58. The van der Waals surface area contributed by atoms with Crippen molar-refractivity contribution in [1.82, 2.24) is 14.8 Å². The molecule has 1 N–H and O–H groups in total. The van der Waals surface area contributed by atoms with Gasteiger partial charge in [0.15, 0.2) is 5.43 Å². The van der Waals surface area contributed by atoms with Gasteiger partial charge in [-0.15, -0.1) is 11.3 Å². The summed E-state index contributed by atoms with van der Waals surface area (Å²) in [6.07, 6.45) is 0. The molecule has 0 saturated carbocycles. The first kappa shape index (κ1) is 25.2. The Balaban J connectivity index is 1.64. The SMILES string of the molecule is Cc1ccc(OCc2c(C(=O)NC(C)c3cccs3)c(=O)cc(C)n2CCN2CCOCC2)cc1. The maximum atomic E-state index is 13.4. The highest BCUT2D eigenvalue weighted by Gasteiger charge is 2.23. The second kappa shape index (κ2) is 11.7. The van der Waals surface area contributed by atoms with Gasteiger partial charge in [0, 0.05) is 42.8 Å². The fourth-order valence-corrected chi connectivity index (χ4v) is 5.00. The second-order valence-electron chi connectivity index (χ2n) is 8.89. The number of benzene rings is 1. The molecule has 0 spiro atoms. The van der Waals surface area contributed by atoms with Crippen molar-refractivity contribution < 1.29 is 14.3 Å². The van der Waals surface area contributed by atoms with Crippen LogP contribution in [0.25, 0.3) is 0 Å². The lowest BCUT2D eigenvalue weighted by atomic mass is 10.1. The number of carbonyl (C=O) groups excluding carboxylic acids is 1. The maximum absolute atomic E-state index is 13.4. The van der Waals surface area contributed by atoms with Crippen molar-refractivity contribution in [1.29, 1.82) is 0 Å². The highest BCUT2D eigenvalue weighted by molar-refractivity contribution is 7.10. The fraction of sp³-hybridized carbons (Fsp3) is 0.407. The molecule has 7 nitrogen and oxygen atoms in total. The van der Waals surface area contributed by atoms with Gasteiger partial charge >= 0.3 is 0 Å². The van der Waals surface area contributed by atoms with Gasteiger partial charge in [0.1, 0.15) is 17.9 Å². The number of amides is 1. The standard InChI is InChI=1S/C27H33N3O4S/c1-19-6-8-22(9-7-19)34-18-23-26(27(32)28-21(3)25-5-4-16-35-25)24(31)17-20(2)30(23)11-10-29-12-14-33-15-13-29/h4-9,16-17,21H,10-15,18H2,1-3H3,(H,28,32). The minimum atomic E-state index is -0.376. The zero-order chi connectivity index (χ0) is 24.8. The van der Waals surface area contributed by atoms with Crippen LogP contribution in [0.2, 0.25) is 0 Å². The lowest BCUT2D eigenvalue weighted by molar-refractivity contribution is 0.0361. The summed E-state index contributed by atoms with van der Waals surface area (Å²) in [7, 11) is 0. The van der Waals surface area contributed by atoms with Crippen LogP contribution in [0, 0.1) is 13.8 Å². The molecular weight excluding hydrogens is 462 g/mol. The zero-order valence-electron chi connectivity index (χ0n) is 20.6. The Morgan fingerprint density at radius 2 is 1.89 bits per heavy atom. The Kier molecular flexibility index (Phi) is 8.38. The van der Waals surface area contributed by atoms with Gasteiger partial charge < -0.3 is 19.4 Å². The molecule has 1 aromatic carbocycles. The van der Waals surface area contributed by atoms with Crippen LogP contribution in [-0.2, 0) is 17.9 Å². The fourth-order valence-electron chi connectivity index (χ4n) is 4.26. The van der Waals surface area contributed by atoms with E-state index < -0.39 is 0 Å². The number of carbonyl (C=O) groups is 1. The molecule has 8 heteroatoms. The van der Waals surface area contributed by atoms with Crippen LogP contribution in [0.1, 0.15) is 45.2 Å². The Bertz CT molecular complexity index is 1180. The number of aromatic nitrogens is 1. The molecule has 3 heterocycles. The number of nitrogens with one attached hydrogen (secondary N) is 1. The Labute approximate surface area is 210 Å². The van der Waals surface area contributed by atoms with E-state index in [1.54, 1.807) is 17.4 Å². The third-order valence-corrected chi connectivity index (χ3v) is 7.37. The van der Waals surface area contributed by atoms with Crippen LogP contribution in [0.5, 0.6) is 5.75 Å². The number of ether oxygens (including phenoxy) is 2. The van der Waals surface area contributed by atoms with Crippen molar-refractivity contribution in [2.45, 2.75) is 40.0 Å². The molecule has 1 unspecified atom stereocenters. The summed E-state index contributed by atoms with van der Waals surface area (Å²) in [6.45, 7) is 10.6. The normalized spacial score (nSPS) is 15.1. The first-order valence-electron chi connectivity index (χ1n) is 12.0. The summed E-state index contributed by atoms with van der Waals surface area (Å²) in [6, 6.07) is 13.1. The van der Waals surface area contributed by atoms with Gasteiger partial charge in [0.2, 0.25) is 0 Å². The Morgan fingerprint density at radius 1 is 1.14 bits per heavy atom. The molecule has 1 fully saturated rings. The van der Waals surface area contributed by atoms with Crippen molar-refractivity contribution in [3.63, 3.8) is 0 Å². The van der Waals surface area contributed by atoms with Crippen molar-refractivity contribution in [2.24, 2.45) is 0 Å². The van der Waals surface area contributed by atoms with E-state index >= 15 is 0 Å². The number of pyridine rings is 1. The highest BCUT2D eigenvalue weighted by atomic mass is 32.1. The Morgan fingerprint density at radius 3 is 2.57 bits per heavy atom. The topological polar surface area (TPSA) is 72.8 Å². The molecule has 1 amide bonds. The summed E-state index contributed by atoms with van der Waals surface area (Å²) in [5.74, 6) is 0.320. The predicted molar refractivity (Wildman–Crippen MR) is 138 cm³/mol. The van der Waals surface area contributed by atoms with Crippen LogP contribution in [0.3, 0.4) is 0 Å². The molecule has 186 valence electrons. The van der Waals surface area contributed by atoms with Crippen molar-refractivity contribution in [2.75, 3.05) is 32.8 Å². The molecule has 1 atom stereocenters. The predicted octanol–water partition coefficient (Wildman–Crippen LogP) is 3.93. The molecule has 2 aromatic heterocycles. The van der Waals surface area contributed by atoms with E-state index in [4.69, 9.17) is 9.47 Å². The first-order valence-corrected chi connectivity index (χ1v) is 12.9. The molecule has 4 rings (SSSR count). The van der Waals surface area contributed by atoms with Gasteiger partial charge in [-0.25, -0.2) is 0 Å². The van der Waals surface area contributed by atoms with Gasteiger partial charge in [-0.1, -0.05) is 23.8 Å². The molecule has 0 bridgehead atoms. The van der Waals surface area contributed by atoms with Gasteiger partial charge in [0.05, 0.1) is 24.9 Å². The van der Waals surface area contributed by atoms with E-state index in [-0.39, 0.29) is 29.5 Å². The molecule has 1 saturated heterocycles. The number of rotatable bonds is 9. The summed E-state index contributed by atoms with van der Waals surface area (Å²) in [4.78, 5) is 29.9. The van der Waals surface area contributed by atoms with E-state index in [1.165, 1.54) is 0 Å². The number of aryl methyl sites for hydroxylation is 2. The van der Waals surface area contributed by atoms with Crippen LogP contribution in [-0.4, -0.2) is 48.2 Å². The average molecular weight is 496 g/mol. The summed E-state index contributed by atoms with van der Waals surface area (Å²) in [5.41, 5.74) is 2.41. The van der Waals surface area contributed by atoms with E-state index in [9.17, 15) is 9.59 Å².